The van der Waals surface area contributed by atoms with Gasteiger partial charge in [-0.25, -0.2) is 0 Å². The van der Waals surface area contributed by atoms with Gasteiger partial charge in [-0.15, -0.1) is 0 Å². The summed E-state index contributed by atoms with van der Waals surface area (Å²) in [4.78, 5) is 10.8. The molecule has 0 bridgehead atoms. The molecule has 0 unspecified atom stereocenters. The van der Waals surface area contributed by atoms with Crippen LogP contribution in [0.2, 0.25) is 0 Å². The van der Waals surface area contributed by atoms with Crippen LogP contribution < -0.4 is 15.2 Å². The van der Waals surface area contributed by atoms with Gasteiger partial charge in [0.1, 0.15) is 0 Å². The summed E-state index contributed by atoms with van der Waals surface area (Å²) in [6, 6.07) is 5.18. The topological polar surface area (TPSA) is 61.6 Å². The highest BCUT2D eigenvalue weighted by molar-refractivity contribution is 5.70. The summed E-state index contributed by atoms with van der Waals surface area (Å²) in [6.45, 7) is 3.22. The molecule has 0 aliphatic heterocycles. The average Bonchev–Trinajstić information content (AvgIpc) is 2.17. The summed E-state index contributed by atoms with van der Waals surface area (Å²) in [6.07, 6.45) is 0. The molecule has 0 heterocycles. The van der Waals surface area contributed by atoms with Crippen molar-refractivity contribution < 1.29 is 14.3 Å². The molecule has 0 aliphatic carbocycles. The second kappa shape index (κ2) is 4.79. The van der Waals surface area contributed by atoms with Crippen molar-refractivity contribution in [1.82, 2.24) is 0 Å². The molecule has 0 spiro atoms. The van der Waals surface area contributed by atoms with Crippen LogP contribution in [-0.4, -0.2) is 13.1 Å². The zero-order chi connectivity index (χ0) is 11.4. The van der Waals surface area contributed by atoms with Gasteiger partial charge in [0.15, 0.2) is 11.5 Å². The van der Waals surface area contributed by atoms with Crippen molar-refractivity contribution in [2.45, 2.75) is 19.9 Å². The Kier molecular flexibility index (Phi) is 3.68. The van der Waals surface area contributed by atoms with Crippen LogP contribution in [-0.2, 0) is 4.79 Å². The minimum Gasteiger partial charge on any atom is -0.493 e. The van der Waals surface area contributed by atoms with Gasteiger partial charge in [0.2, 0.25) is 0 Å². The molecule has 82 valence electrons. The molecule has 1 rings (SSSR count). The molecule has 0 amide bonds. The van der Waals surface area contributed by atoms with E-state index in [-0.39, 0.29) is 12.0 Å². The molecule has 0 saturated heterocycles. The van der Waals surface area contributed by atoms with Crippen molar-refractivity contribution in [3.8, 4) is 11.5 Å². The Labute approximate surface area is 89.0 Å². The Hall–Kier alpha value is -1.55. The summed E-state index contributed by atoms with van der Waals surface area (Å²) >= 11 is 0. The first-order valence-electron chi connectivity index (χ1n) is 4.66. The Bertz CT molecular complexity index is 361. The summed E-state index contributed by atoms with van der Waals surface area (Å²) < 4.78 is 10.1. The van der Waals surface area contributed by atoms with E-state index in [1.165, 1.54) is 14.0 Å². The van der Waals surface area contributed by atoms with Crippen LogP contribution in [0, 0.1) is 0 Å². The number of rotatable bonds is 3. The minimum absolute atomic E-state index is 0.0784. The number of nitrogens with two attached hydrogens (primary N) is 1. The van der Waals surface area contributed by atoms with E-state index in [0.717, 1.165) is 5.56 Å². The van der Waals surface area contributed by atoms with Gasteiger partial charge in [-0.05, 0) is 24.6 Å². The molecule has 0 saturated carbocycles. The lowest BCUT2D eigenvalue weighted by Crippen LogP contribution is -2.07. The quantitative estimate of drug-likeness (QED) is 0.607. The second-order valence-electron chi connectivity index (χ2n) is 3.29. The summed E-state index contributed by atoms with van der Waals surface area (Å²) in [5.41, 5.74) is 6.66. The van der Waals surface area contributed by atoms with Gasteiger partial charge in [-0.1, -0.05) is 6.07 Å². The predicted octanol–water partition coefficient (Wildman–Crippen LogP) is 1.64. The highest BCUT2D eigenvalue weighted by atomic mass is 16.6. The minimum atomic E-state index is -0.373. The van der Waals surface area contributed by atoms with Crippen molar-refractivity contribution in [2.75, 3.05) is 7.11 Å². The molecule has 4 heteroatoms. The molecule has 2 N–H and O–H groups in total. The molecule has 0 aliphatic rings. The smallest absolute Gasteiger partial charge is 0.308 e. The third kappa shape index (κ3) is 2.95. The first-order valence-corrected chi connectivity index (χ1v) is 4.66. The van der Waals surface area contributed by atoms with Crippen LogP contribution >= 0.6 is 0 Å². The number of carbonyl (C=O) groups is 1. The zero-order valence-electron chi connectivity index (χ0n) is 9.11. The van der Waals surface area contributed by atoms with E-state index in [0.29, 0.717) is 11.5 Å². The lowest BCUT2D eigenvalue weighted by atomic mass is 10.1. The lowest BCUT2D eigenvalue weighted by molar-refractivity contribution is -0.132. The van der Waals surface area contributed by atoms with Crippen LogP contribution in [0.15, 0.2) is 18.2 Å². The molecule has 1 aromatic rings. The third-order valence-electron chi connectivity index (χ3n) is 1.97. The van der Waals surface area contributed by atoms with E-state index in [9.17, 15) is 4.79 Å². The van der Waals surface area contributed by atoms with Gasteiger partial charge in [0.25, 0.3) is 0 Å². The number of methoxy groups -OCH3 is 1. The van der Waals surface area contributed by atoms with Crippen molar-refractivity contribution in [2.24, 2.45) is 5.73 Å². The summed E-state index contributed by atoms with van der Waals surface area (Å²) in [7, 11) is 1.52. The van der Waals surface area contributed by atoms with Crippen LogP contribution in [0.1, 0.15) is 25.5 Å². The average molecular weight is 209 g/mol. The van der Waals surface area contributed by atoms with Gasteiger partial charge in [-0.3, -0.25) is 4.79 Å². The number of esters is 1. The number of ether oxygens (including phenoxy) is 2. The first kappa shape index (κ1) is 11.5. The largest absolute Gasteiger partial charge is 0.493 e. The maximum absolute atomic E-state index is 10.8. The molecule has 15 heavy (non-hydrogen) atoms. The molecule has 4 nitrogen and oxygen atoms in total. The Morgan fingerprint density at radius 2 is 2.07 bits per heavy atom. The van der Waals surface area contributed by atoms with E-state index >= 15 is 0 Å². The number of hydrogen-bond acceptors (Lipinski definition) is 4. The van der Waals surface area contributed by atoms with Gasteiger partial charge >= 0.3 is 5.97 Å². The van der Waals surface area contributed by atoms with Crippen molar-refractivity contribution in [3.63, 3.8) is 0 Å². The fourth-order valence-corrected chi connectivity index (χ4v) is 1.21. The monoisotopic (exact) mass is 209 g/mol. The van der Waals surface area contributed by atoms with E-state index in [4.69, 9.17) is 15.2 Å². The highest BCUT2D eigenvalue weighted by Crippen LogP contribution is 2.29. The second-order valence-corrected chi connectivity index (χ2v) is 3.29. The van der Waals surface area contributed by atoms with Crippen molar-refractivity contribution in [1.29, 1.82) is 0 Å². The predicted molar refractivity (Wildman–Crippen MR) is 56.9 cm³/mol. The fraction of sp³-hybridized carbons (Fsp3) is 0.364. The molecule has 0 fully saturated rings. The zero-order valence-corrected chi connectivity index (χ0v) is 9.11. The molecule has 0 radical (unpaired) electrons. The SMILES string of the molecule is COc1cc([C@@H](C)N)ccc1OC(C)=O. The molecule has 1 aromatic carbocycles. The highest BCUT2D eigenvalue weighted by Gasteiger charge is 2.09. The van der Waals surface area contributed by atoms with E-state index in [1.54, 1.807) is 12.1 Å². The maximum atomic E-state index is 10.8. The molecular formula is C11H15NO3. The Morgan fingerprint density at radius 1 is 1.40 bits per heavy atom. The molecule has 0 aromatic heterocycles. The fourth-order valence-electron chi connectivity index (χ4n) is 1.21. The van der Waals surface area contributed by atoms with Gasteiger partial charge in [0.05, 0.1) is 7.11 Å². The van der Waals surface area contributed by atoms with Crippen LogP contribution in [0.4, 0.5) is 0 Å². The maximum Gasteiger partial charge on any atom is 0.308 e. The Balaban J connectivity index is 3.03. The van der Waals surface area contributed by atoms with Crippen LogP contribution in [0.3, 0.4) is 0 Å². The first-order chi connectivity index (χ1) is 7.04. The van der Waals surface area contributed by atoms with Crippen LogP contribution in [0.25, 0.3) is 0 Å². The number of carbonyl (C=O) groups excluding carboxylic acids is 1. The standard InChI is InChI=1S/C11H15NO3/c1-7(12)9-4-5-10(15-8(2)13)11(6-9)14-3/h4-7H,12H2,1-3H3/t7-/m1/s1. The summed E-state index contributed by atoms with van der Waals surface area (Å²) in [5.74, 6) is 0.552. The Morgan fingerprint density at radius 3 is 2.53 bits per heavy atom. The normalized spacial score (nSPS) is 12.0. The molecule has 1 atom stereocenters. The van der Waals surface area contributed by atoms with Crippen molar-refractivity contribution in [3.05, 3.63) is 23.8 Å². The van der Waals surface area contributed by atoms with E-state index in [2.05, 4.69) is 0 Å². The summed E-state index contributed by atoms with van der Waals surface area (Å²) in [5, 5.41) is 0. The van der Waals surface area contributed by atoms with Gasteiger partial charge < -0.3 is 15.2 Å². The van der Waals surface area contributed by atoms with Crippen molar-refractivity contribution >= 4 is 5.97 Å². The lowest BCUT2D eigenvalue weighted by Gasteiger charge is -2.11. The van der Waals surface area contributed by atoms with Crippen LogP contribution in [0.5, 0.6) is 11.5 Å². The van der Waals surface area contributed by atoms with E-state index in [1.807, 2.05) is 13.0 Å². The van der Waals surface area contributed by atoms with Gasteiger partial charge in [0, 0.05) is 13.0 Å². The molecular weight excluding hydrogens is 194 g/mol. The van der Waals surface area contributed by atoms with Gasteiger partial charge in [-0.2, -0.15) is 0 Å². The number of hydrogen-bond donors (Lipinski definition) is 1. The third-order valence-corrected chi connectivity index (χ3v) is 1.97. The number of benzene rings is 1. The van der Waals surface area contributed by atoms with E-state index < -0.39 is 0 Å².